The summed E-state index contributed by atoms with van der Waals surface area (Å²) < 4.78 is 0. The number of nitrogens with zero attached hydrogens (tertiary/aromatic N) is 6. The maximum atomic E-state index is 6.09. The summed E-state index contributed by atoms with van der Waals surface area (Å²) in [6.07, 6.45) is 7.54. The summed E-state index contributed by atoms with van der Waals surface area (Å²) in [4.78, 5) is 21.7. The minimum atomic E-state index is 0.190. The third-order valence-electron chi connectivity index (χ3n) is 4.57. The first kappa shape index (κ1) is 14.1. The Morgan fingerprint density at radius 2 is 1.83 bits per heavy atom. The standard InChI is InChI=1S/C15H20N8/c16-13-12(11-7-18-3-4-19-11)14(21-15(17)20-13)23-8-10(9-23)22-5-1-2-6-22/h3-4,7,10H,1-2,5-6,8-9H2,(H4,16,17,20,21). The molecule has 2 aromatic heterocycles. The highest BCUT2D eigenvalue weighted by Gasteiger charge is 2.35. The molecule has 2 fully saturated rings. The molecular formula is C15H20N8. The second-order valence-electron chi connectivity index (χ2n) is 6.06. The average molecular weight is 312 g/mol. The van der Waals surface area contributed by atoms with Crippen LogP contribution in [0.3, 0.4) is 0 Å². The highest BCUT2D eigenvalue weighted by molar-refractivity contribution is 5.83. The summed E-state index contributed by atoms with van der Waals surface area (Å²) in [5.74, 6) is 1.29. The van der Waals surface area contributed by atoms with Gasteiger partial charge in [0.15, 0.2) is 0 Å². The quantitative estimate of drug-likeness (QED) is 0.837. The smallest absolute Gasteiger partial charge is 0.223 e. The van der Waals surface area contributed by atoms with Crippen LogP contribution in [0.25, 0.3) is 11.3 Å². The van der Waals surface area contributed by atoms with Gasteiger partial charge in [0.05, 0.1) is 17.5 Å². The van der Waals surface area contributed by atoms with Crippen LogP contribution in [0.5, 0.6) is 0 Å². The van der Waals surface area contributed by atoms with Gasteiger partial charge in [0.1, 0.15) is 11.6 Å². The Kier molecular flexibility index (Phi) is 3.45. The summed E-state index contributed by atoms with van der Waals surface area (Å²) in [7, 11) is 0. The third-order valence-corrected chi connectivity index (χ3v) is 4.57. The van der Waals surface area contributed by atoms with Crippen molar-refractivity contribution in [3.05, 3.63) is 18.6 Å². The van der Waals surface area contributed by atoms with Crippen LogP contribution in [0.15, 0.2) is 18.6 Å². The molecule has 0 spiro atoms. The van der Waals surface area contributed by atoms with Gasteiger partial charge in [0.25, 0.3) is 0 Å². The van der Waals surface area contributed by atoms with Crippen molar-refractivity contribution in [3.8, 4) is 11.3 Å². The number of hydrogen-bond donors (Lipinski definition) is 2. The molecule has 2 aliphatic rings. The van der Waals surface area contributed by atoms with Gasteiger partial charge in [-0.1, -0.05) is 0 Å². The number of rotatable bonds is 3. The number of aromatic nitrogens is 4. The zero-order valence-corrected chi connectivity index (χ0v) is 12.9. The maximum absolute atomic E-state index is 6.09. The van der Waals surface area contributed by atoms with Gasteiger partial charge in [-0.15, -0.1) is 0 Å². The lowest BCUT2D eigenvalue weighted by Gasteiger charge is -2.45. The minimum Gasteiger partial charge on any atom is -0.383 e. The van der Waals surface area contributed by atoms with Crippen LogP contribution in [0.4, 0.5) is 17.6 Å². The molecule has 4 N–H and O–H groups in total. The van der Waals surface area contributed by atoms with E-state index >= 15 is 0 Å². The monoisotopic (exact) mass is 312 g/mol. The molecule has 2 aromatic rings. The normalized spacial score (nSPS) is 19.0. The maximum Gasteiger partial charge on any atom is 0.223 e. The molecule has 2 aliphatic heterocycles. The van der Waals surface area contributed by atoms with Gasteiger partial charge in [0, 0.05) is 31.5 Å². The van der Waals surface area contributed by atoms with Crippen molar-refractivity contribution in [2.45, 2.75) is 18.9 Å². The number of nitrogen functional groups attached to an aromatic ring is 2. The molecule has 0 amide bonds. The Morgan fingerprint density at radius 1 is 1.04 bits per heavy atom. The zero-order valence-electron chi connectivity index (χ0n) is 12.9. The molecule has 4 rings (SSSR count). The summed E-state index contributed by atoms with van der Waals surface area (Å²) >= 11 is 0. The fraction of sp³-hybridized carbons (Fsp3) is 0.467. The van der Waals surface area contributed by atoms with Crippen LogP contribution in [-0.2, 0) is 0 Å². The summed E-state index contributed by atoms with van der Waals surface area (Å²) in [6.45, 7) is 4.26. The van der Waals surface area contributed by atoms with E-state index in [0.29, 0.717) is 23.1 Å². The van der Waals surface area contributed by atoms with E-state index in [4.69, 9.17) is 11.5 Å². The van der Waals surface area contributed by atoms with E-state index < -0.39 is 0 Å². The van der Waals surface area contributed by atoms with Crippen molar-refractivity contribution < 1.29 is 0 Å². The third kappa shape index (κ3) is 2.55. The van der Waals surface area contributed by atoms with E-state index in [-0.39, 0.29) is 5.95 Å². The van der Waals surface area contributed by atoms with Crippen molar-refractivity contribution in [1.82, 2.24) is 24.8 Å². The number of nitrogens with two attached hydrogens (primary N) is 2. The predicted octanol–water partition coefficient (Wildman–Crippen LogP) is 0.382. The molecule has 0 bridgehead atoms. The van der Waals surface area contributed by atoms with Gasteiger partial charge < -0.3 is 16.4 Å². The van der Waals surface area contributed by atoms with E-state index in [1.165, 1.54) is 25.9 Å². The van der Waals surface area contributed by atoms with Crippen molar-refractivity contribution in [2.24, 2.45) is 0 Å². The topological polar surface area (TPSA) is 110 Å². The molecule has 0 saturated carbocycles. The largest absolute Gasteiger partial charge is 0.383 e. The average Bonchev–Trinajstić information content (AvgIpc) is 3.00. The first-order chi connectivity index (χ1) is 11.2. The van der Waals surface area contributed by atoms with E-state index in [1.54, 1.807) is 18.6 Å². The van der Waals surface area contributed by atoms with E-state index in [1.807, 2.05) is 0 Å². The fourth-order valence-electron chi connectivity index (χ4n) is 3.35. The molecule has 23 heavy (non-hydrogen) atoms. The lowest BCUT2D eigenvalue weighted by atomic mass is 10.1. The summed E-state index contributed by atoms with van der Waals surface area (Å²) in [6, 6.07) is 0.588. The van der Waals surface area contributed by atoms with Crippen molar-refractivity contribution in [1.29, 1.82) is 0 Å². The minimum absolute atomic E-state index is 0.190. The molecule has 0 aliphatic carbocycles. The van der Waals surface area contributed by atoms with Crippen molar-refractivity contribution in [2.75, 3.05) is 42.5 Å². The number of likely N-dealkylation sites (tertiary alicyclic amines) is 1. The molecule has 120 valence electrons. The molecule has 0 unspecified atom stereocenters. The zero-order chi connectivity index (χ0) is 15.8. The Balaban J connectivity index is 1.63. The fourth-order valence-corrected chi connectivity index (χ4v) is 3.35. The van der Waals surface area contributed by atoms with Gasteiger partial charge in [-0.2, -0.15) is 9.97 Å². The van der Waals surface area contributed by atoms with Crippen LogP contribution in [0.1, 0.15) is 12.8 Å². The Hall–Kier alpha value is -2.48. The second-order valence-corrected chi connectivity index (χ2v) is 6.06. The van der Waals surface area contributed by atoms with Crippen LogP contribution in [0.2, 0.25) is 0 Å². The molecule has 8 nitrogen and oxygen atoms in total. The van der Waals surface area contributed by atoms with Gasteiger partial charge in [-0.3, -0.25) is 14.9 Å². The summed E-state index contributed by atoms with van der Waals surface area (Å²) in [5.41, 5.74) is 13.3. The molecule has 4 heterocycles. The SMILES string of the molecule is Nc1nc(N)c(-c2cnccn2)c(N2CC(N3CCCC3)C2)n1. The molecular weight excluding hydrogens is 292 g/mol. The lowest BCUT2D eigenvalue weighted by Crippen LogP contribution is -2.59. The second kappa shape index (κ2) is 5.62. The van der Waals surface area contributed by atoms with Crippen molar-refractivity contribution in [3.63, 3.8) is 0 Å². The van der Waals surface area contributed by atoms with Gasteiger partial charge in [-0.25, -0.2) is 0 Å². The van der Waals surface area contributed by atoms with E-state index in [0.717, 1.165) is 18.9 Å². The number of anilines is 3. The Bertz CT molecular complexity index is 692. The molecule has 0 atom stereocenters. The molecule has 0 aromatic carbocycles. The van der Waals surface area contributed by atoms with Gasteiger partial charge in [0.2, 0.25) is 5.95 Å². The highest BCUT2D eigenvalue weighted by atomic mass is 15.3. The lowest BCUT2D eigenvalue weighted by molar-refractivity contribution is 0.204. The van der Waals surface area contributed by atoms with Crippen molar-refractivity contribution >= 4 is 17.6 Å². The number of hydrogen-bond acceptors (Lipinski definition) is 8. The molecule has 2 saturated heterocycles. The Morgan fingerprint density at radius 3 is 2.52 bits per heavy atom. The highest BCUT2D eigenvalue weighted by Crippen LogP contribution is 2.35. The van der Waals surface area contributed by atoms with Crippen LogP contribution < -0.4 is 16.4 Å². The Labute approximate surface area is 134 Å². The molecule has 0 radical (unpaired) electrons. The van der Waals surface area contributed by atoms with Gasteiger partial charge >= 0.3 is 0 Å². The molecule has 8 heteroatoms. The first-order valence-electron chi connectivity index (χ1n) is 7.91. The van der Waals surface area contributed by atoms with Gasteiger partial charge in [-0.05, 0) is 25.9 Å². The predicted molar refractivity (Wildman–Crippen MR) is 88.7 cm³/mol. The van der Waals surface area contributed by atoms with Crippen LogP contribution in [-0.4, -0.2) is 57.1 Å². The summed E-state index contributed by atoms with van der Waals surface area (Å²) in [5, 5.41) is 0. The van der Waals surface area contributed by atoms with E-state index in [9.17, 15) is 0 Å². The van der Waals surface area contributed by atoms with Crippen LogP contribution >= 0.6 is 0 Å². The van der Waals surface area contributed by atoms with Crippen LogP contribution in [0, 0.1) is 0 Å². The first-order valence-corrected chi connectivity index (χ1v) is 7.91. The van der Waals surface area contributed by atoms with E-state index in [2.05, 4.69) is 29.7 Å².